The van der Waals surface area contributed by atoms with Crippen LogP contribution in [0.1, 0.15) is 0 Å². The molecule has 0 radical (unpaired) electrons. The van der Waals surface area contributed by atoms with Crippen LogP contribution in [0.15, 0.2) is 6.33 Å². The molecule has 0 amide bonds. The molecule has 0 saturated carbocycles. The third-order valence-electron chi connectivity index (χ3n) is 1.87. The first-order valence-electron chi connectivity index (χ1n) is 4.30. The number of rotatable bonds is 2. The molecular formula is C7H7F3N6. The maximum absolute atomic E-state index is 12.2. The van der Waals surface area contributed by atoms with Gasteiger partial charge in [0.15, 0.2) is 17.0 Å². The Hall–Kier alpha value is -1.93. The van der Waals surface area contributed by atoms with Crippen molar-refractivity contribution in [2.45, 2.75) is 12.7 Å². The lowest BCUT2D eigenvalue weighted by Crippen LogP contribution is -2.19. The van der Waals surface area contributed by atoms with Crippen molar-refractivity contribution in [3.8, 4) is 0 Å². The fourth-order valence-corrected chi connectivity index (χ4v) is 1.25. The van der Waals surface area contributed by atoms with Gasteiger partial charge in [-0.1, -0.05) is 5.21 Å². The fourth-order valence-electron chi connectivity index (χ4n) is 1.25. The van der Waals surface area contributed by atoms with Gasteiger partial charge in [0, 0.05) is 7.05 Å². The van der Waals surface area contributed by atoms with Gasteiger partial charge in [0.25, 0.3) is 0 Å². The zero-order valence-electron chi connectivity index (χ0n) is 8.15. The van der Waals surface area contributed by atoms with Gasteiger partial charge in [-0.25, -0.2) is 14.6 Å². The number of hydrogen-bond acceptors (Lipinski definition) is 5. The lowest BCUT2D eigenvalue weighted by Gasteiger charge is -2.05. The summed E-state index contributed by atoms with van der Waals surface area (Å²) in [7, 11) is 1.59. The summed E-state index contributed by atoms with van der Waals surface area (Å²) in [5.74, 6) is 0.346. The van der Waals surface area contributed by atoms with Gasteiger partial charge in [-0.15, -0.1) is 5.10 Å². The third-order valence-corrected chi connectivity index (χ3v) is 1.87. The van der Waals surface area contributed by atoms with E-state index in [1.807, 2.05) is 0 Å². The minimum absolute atomic E-state index is 0.0525. The molecule has 0 atom stereocenters. The minimum Gasteiger partial charge on any atom is -0.371 e. The first-order valence-corrected chi connectivity index (χ1v) is 4.30. The molecule has 2 aromatic heterocycles. The fraction of sp³-hybridized carbons (Fsp3) is 0.429. The average Bonchev–Trinajstić information content (AvgIpc) is 2.59. The zero-order chi connectivity index (χ0) is 11.8. The summed E-state index contributed by atoms with van der Waals surface area (Å²) in [6.07, 6.45) is -3.20. The van der Waals surface area contributed by atoms with Gasteiger partial charge in [-0.05, 0) is 0 Å². The molecular weight excluding hydrogens is 225 g/mol. The van der Waals surface area contributed by atoms with Crippen molar-refractivity contribution in [3.63, 3.8) is 0 Å². The molecule has 0 aliphatic carbocycles. The normalized spacial score (nSPS) is 12.0. The highest BCUT2D eigenvalue weighted by Gasteiger charge is 2.30. The molecule has 1 N–H and O–H groups in total. The van der Waals surface area contributed by atoms with E-state index in [0.29, 0.717) is 10.5 Å². The number of nitrogens with zero attached hydrogens (tertiary/aromatic N) is 5. The Morgan fingerprint density at radius 2 is 2.12 bits per heavy atom. The minimum atomic E-state index is -4.36. The van der Waals surface area contributed by atoms with E-state index in [-0.39, 0.29) is 11.2 Å². The highest BCUT2D eigenvalue weighted by Crippen LogP contribution is 2.21. The monoisotopic (exact) mass is 232 g/mol. The molecule has 0 aliphatic rings. The number of anilines is 1. The van der Waals surface area contributed by atoms with Crippen LogP contribution in [-0.2, 0) is 6.54 Å². The Morgan fingerprint density at radius 1 is 1.38 bits per heavy atom. The van der Waals surface area contributed by atoms with E-state index in [2.05, 4.69) is 25.6 Å². The Balaban J connectivity index is 2.49. The molecule has 16 heavy (non-hydrogen) atoms. The Bertz CT molecular complexity index is 504. The summed E-state index contributed by atoms with van der Waals surface area (Å²) >= 11 is 0. The lowest BCUT2D eigenvalue weighted by molar-refractivity contribution is -0.142. The number of nitrogens with one attached hydrogen (secondary N) is 1. The Morgan fingerprint density at radius 3 is 2.75 bits per heavy atom. The van der Waals surface area contributed by atoms with E-state index in [0.717, 1.165) is 6.33 Å². The Labute approximate surface area is 87.5 Å². The summed E-state index contributed by atoms with van der Waals surface area (Å²) in [4.78, 5) is 7.54. The number of halogens is 3. The van der Waals surface area contributed by atoms with Gasteiger partial charge in [0.2, 0.25) is 0 Å². The predicted octanol–water partition coefficient (Wildman–Crippen LogP) is 0.825. The molecule has 0 aliphatic heterocycles. The van der Waals surface area contributed by atoms with Crippen molar-refractivity contribution in [3.05, 3.63) is 6.33 Å². The van der Waals surface area contributed by atoms with Crippen molar-refractivity contribution in [2.75, 3.05) is 12.4 Å². The van der Waals surface area contributed by atoms with Crippen molar-refractivity contribution in [1.82, 2.24) is 25.0 Å². The molecule has 0 unspecified atom stereocenters. The SMILES string of the molecule is CNc1ncnc2c1nnn2CC(F)(F)F. The zero-order valence-corrected chi connectivity index (χ0v) is 8.15. The summed E-state index contributed by atoms with van der Waals surface area (Å²) < 4.78 is 37.2. The smallest absolute Gasteiger partial charge is 0.371 e. The number of hydrogen-bond donors (Lipinski definition) is 1. The van der Waals surface area contributed by atoms with E-state index in [1.165, 1.54) is 0 Å². The average molecular weight is 232 g/mol. The highest BCUT2D eigenvalue weighted by atomic mass is 19.4. The van der Waals surface area contributed by atoms with Gasteiger partial charge in [0.05, 0.1) is 0 Å². The van der Waals surface area contributed by atoms with Crippen LogP contribution in [0.2, 0.25) is 0 Å². The largest absolute Gasteiger partial charge is 0.408 e. The standard InChI is InChI=1S/C7H7F3N6/c1-11-5-4-6(13-3-12-5)16(15-14-4)2-7(8,9)10/h3H,2H2,1H3,(H,11,12,13). The molecule has 0 spiro atoms. The number of fused-ring (bicyclic) bond motifs is 1. The van der Waals surface area contributed by atoms with E-state index >= 15 is 0 Å². The second-order valence-corrected chi connectivity index (χ2v) is 3.01. The molecule has 0 fully saturated rings. The molecule has 2 aromatic rings. The molecule has 2 rings (SSSR count). The van der Waals surface area contributed by atoms with Gasteiger partial charge >= 0.3 is 6.18 Å². The maximum atomic E-state index is 12.2. The second-order valence-electron chi connectivity index (χ2n) is 3.01. The lowest BCUT2D eigenvalue weighted by atomic mass is 10.5. The van der Waals surface area contributed by atoms with Crippen LogP contribution in [-0.4, -0.2) is 38.2 Å². The Kier molecular flexibility index (Phi) is 2.37. The van der Waals surface area contributed by atoms with E-state index in [9.17, 15) is 13.2 Å². The highest BCUT2D eigenvalue weighted by molar-refractivity contribution is 5.81. The van der Waals surface area contributed by atoms with Crippen LogP contribution in [0.3, 0.4) is 0 Å². The van der Waals surface area contributed by atoms with Crippen LogP contribution in [0.5, 0.6) is 0 Å². The van der Waals surface area contributed by atoms with Crippen molar-refractivity contribution >= 4 is 17.0 Å². The quantitative estimate of drug-likeness (QED) is 0.830. The molecule has 9 heteroatoms. The van der Waals surface area contributed by atoms with Crippen LogP contribution in [0.4, 0.5) is 19.0 Å². The van der Waals surface area contributed by atoms with E-state index in [4.69, 9.17) is 0 Å². The van der Waals surface area contributed by atoms with Crippen molar-refractivity contribution in [2.24, 2.45) is 0 Å². The first-order chi connectivity index (χ1) is 7.51. The third kappa shape index (κ3) is 1.88. The maximum Gasteiger partial charge on any atom is 0.408 e. The topological polar surface area (TPSA) is 68.5 Å². The first kappa shape index (κ1) is 10.6. The van der Waals surface area contributed by atoms with E-state index < -0.39 is 12.7 Å². The van der Waals surface area contributed by atoms with Crippen LogP contribution >= 0.6 is 0 Å². The van der Waals surface area contributed by atoms with Crippen molar-refractivity contribution in [1.29, 1.82) is 0 Å². The summed E-state index contributed by atoms with van der Waals surface area (Å²) in [6, 6.07) is 0. The van der Waals surface area contributed by atoms with Gasteiger partial charge < -0.3 is 5.32 Å². The molecule has 0 aromatic carbocycles. The second kappa shape index (κ2) is 3.58. The predicted molar refractivity (Wildman–Crippen MR) is 48.7 cm³/mol. The van der Waals surface area contributed by atoms with Gasteiger partial charge in [0.1, 0.15) is 12.9 Å². The van der Waals surface area contributed by atoms with Gasteiger partial charge in [-0.2, -0.15) is 13.2 Å². The summed E-state index contributed by atoms with van der Waals surface area (Å²) in [6.45, 7) is -1.22. The number of aromatic nitrogens is 5. The van der Waals surface area contributed by atoms with Gasteiger partial charge in [-0.3, -0.25) is 0 Å². The summed E-state index contributed by atoms with van der Waals surface area (Å²) in [5.41, 5.74) is 0.269. The molecule has 6 nitrogen and oxygen atoms in total. The van der Waals surface area contributed by atoms with Crippen LogP contribution in [0.25, 0.3) is 11.2 Å². The van der Waals surface area contributed by atoms with Crippen molar-refractivity contribution < 1.29 is 13.2 Å². The van der Waals surface area contributed by atoms with E-state index in [1.54, 1.807) is 7.05 Å². The molecule has 0 saturated heterocycles. The molecule has 2 heterocycles. The number of alkyl halides is 3. The van der Waals surface area contributed by atoms with Crippen LogP contribution in [0, 0.1) is 0 Å². The molecule has 86 valence electrons. The molecule has 0 bridgehead atoms. The summed E-state index contributed by atoms with van der Waals surface area (Å²) in [5, 5.41) is 9.69. The van der Waals surface area contributed by atoms with Crippen LogP contribution < -0.4 is 5.32 Å².